The van der Waals surface area contributed by atoms with Crippen molar-refractivity contribution < 1.29 is 18.0 Å². The van der Waals surface area contributed by atoms with Crippen LogP contribution in [0.1, 0.15) is 30.9 Å². The van der Waals surface area contributed by atoms with Gasteiger partial charge in [0.05, 0.1) is 11.1 Å². The van der Waals surface area contributed by atoms with E-state index in [0.29, 0.717) is 0 Å². The van der Waals surface area contributed by atoms with Crippen molar-refractivity contribution in [1.29, 1.82) is 0 Å². The van der Waals surface area contributed by atoms with Crippen molar-refractivity contribution >= 4 is 5.91 Å². The molecule has 3 N–H and O–H groups in total. The molecule has 0 aliphatic heterocycles. The fourth-order valence-corrected chi connectivity index (χ4v) is 2.19. The first-order chi connectivity index (χ1) is 9.23. The van der Waals surface area contributed by atoms with Crippen molar-refractivity contribution in [3.8, 4) is 0 Å². The Bertz CT molecular complexity index is 507. The third-order valence-electron chi connectivity index (χ3n) is 3.68. The number of hydrogen-bond acceptors (Lipinski definition) is 2. The molecule has 0 saturated heterocycles. The topological polar surface area (TPSA) is 55.1 Å². The SMILES string of the molecule is CC(N)(C(=O)NCc1ccccc1C(F)(F)F)C1CC1. The van der Waals surface area contributed by atoms with Gasteiger partial charge in [-0.15, -0.1) is 0 Å². The molecular formula is C14H17F3N2O. The number of rotatable bonds is 4. The van der Waals surface area contributed by atoms with E-state index in [-0.39, 0.29) is 18.0 Å². The second-order valence-corrected chi connectivity index (χ2v) is 5.39. The van der Waals surface area contributed by atoms with Gasteiger partial charge in [-0.05, 0) is 37.3 Å². The van der Waals surface area contributed by atoms with Crippen molar-refractivity contribution in [3.63, 3.8) is 0 Å². The number of nitrogens with two attached hydrogens (primary N) is 1. The Morgan fingerprint density at radius 3 is 2.50 bits per heavy atom. The van der Waals surface area contributed by atoms with Crippen molar-refractivity contribution in [2.24, 2.45) is 11.7 Å². The lowest BCUT2D eigenvalue weighted by molar-refractivity contribution is -0.138. The van der Waals surface area contributed by atoms with Crippen molar-refractivity contribution in [3.05, 3.63) is 35.4 Å². The first-order valence-corrected chi connectivity index (χ1v) is 6.45. The van der Waals surface area contributed by atoms with Crippen LogP contribution in [0, 0.1) is 5.92 Å². The predicted molar refractivity (Wildman–Crippen MR) is 68.6 cm³/mol. The molecule has 0 spiro atoms. The Balaban J connectivity index is 2.06. The zero-order chi connectivity index (χ0) is 15.0. The van der Waals surface area contributed by atoms with Crippen LogP contribution < -0.4 is 11.1 Å². The summed E-state index contributed by atoms with van der Waals surface area (Å²) in [6.45, 7) is 1.45. The van der Waals surface area contributed by atoms with Crippen LogP contribution in [0.2, 0.25) is 0 Å². The lowest BCUT2D eigenvalue weighted by Gasteiger charge is -2.23. The number of hydrogen-bond donors (Lipinski definition) is 2. The van der Waals surface area contributed by atoms with E-state index in [1.54, 1.807) is 6.92 Å². The summed E-state index contributed by atoms with van der Waals surface area (Å²) >= 11 is 0. The van der Waals surface area contributed by atoms with E-state index in [1.807, 2.05) is 0 Å². The lowest BCUT2D eigenvalue weighted by atomic mass is 9.96. The molecule has 1 unspecified atom stereocenters. The number of carbonyl (C=O) groups is 1. The molecule has 0 aromatic heterocycles. The Hall–Kier alpha value is -1.56. The molecular weight excluding hydrogens is 269 g/mol. The molecule has 1 fully saturated rings. The number of alkyl halides is 3. The highest BCUT2D eigenvalue weighted by Crippen LogP contribution is 2.38. The van der Waals surface area contributed by atoms with E-state index < -0.39 is 23.2 Å². The molecule has 0 heterocycles. The molecule has 110 valence electrons. The fraction of sp³-hybridized carbons (Fsp3) is 0.500. The van der Waals surface area contributed by atoms with Gasteiger partial charge in [0.25, 0.3) is 0 Å². The Morgan fingerprint density at radius 1 is 1.35 bits per heavy atom. The molecule has 1 saturated carbocycles. The zero-order valence-corrected chi connectivity index (χ0v) is 11.1. The normalized spacial score (nSPS) is 18.4. The minimum absolute atomic E-state index is 0.0416. The number of nitrogens with one attached hydrogen (secondary N) is 1. The number of carbonyl (C=O) groups excluding carboxylic acids is 1. The second-order valence-electron chi connectivity index (χ2n) is 5.39. The van der Waals surface area contributed by atoms with E-state index in [4.69, 9.17) is 5.73 Å². The van der Waals surface area contributed by atoms with E-state index in [9.17, 15) is 18.0 Å². The van der Waals surface area contributed by atoms with Crippen LogP contribution in [0.25, 0.3) is 0 Å². The summed E-state index contributed by atoms with van der Waals surface area (Å²) in [5.41, 5.74) is 4.22. The quantitative estimate of drug-likeness (QED) is 0.893. The largest absolute Gasteiger partial charge is 0.416 e. The van der Waals surface area contributed by atoms with Crippen molar-refractivity contribution in [2.75, 3.05) is 0 Å². The summed E-state index contributed by atoms with van der Waals surface area (Å²) in [5.74, 6) is -0.280. The summed E-state index contributed by atoms with van der Waals surface area (Å²) in [6, 6.07) is 5.20. The van der Waals surface area contributed by atoms with Crippen LogP contribution >= 0.6 is 0 Å². The molecule has 0 radical (unpaired) electrons. The molecule has 1 aliphatic carbocycles. The van der Waals surface area contributed by atoms with E-state index in [2.05, 4.69) is 5.32 Å². The maximum absolute atomic E-state index is 12.8. The van der Waals surface area contributed by atoms with Crippen LogP contribution in [0.4, 0.5) is 13.2 Å². The molecule has 6 heteroatoms. The Kier molecular flexibility index (Phi) is 3.77. The maximum Gasteiger partial charge on any atom is 0.416 e. The fourth-order valence-electron chi connectivity index (χ4n) is 2.19. The van der Waals surface area contributed by atoms with Gasteiger partial charge in [-0.3, -0.25) is 4.79 Å². The third-order valence-corrected chi connectivity index (χ3v) is 3.68. The van der Waals surface area contributed by atoms with Crippen LogP contribution in [0.15, 0.2) is 24.3 Å². The van der Waals surface area contributed by atoms with Crippen molar-refractivity contribution in [2.45, 2.75) is 38.0 Å². The van der Waals surface area contributed by atoms with Gasteiger partial charge < -0.3 is 11.1 Å². The van der Waals surface area contributed by atoms with Gasteiger partial charge in [-0.2, -0.15) is 13.2 Å². The zero-order valence-electron chi connectivity index (χ0n) is 11.1. The standard InChI is InChI=1S/C14H17F3N2O/c1-13(18,10-6-7-10)12(20)19-8-9-4-2-3-5-11(9)14(15,16)17/h2-5,10H,6-8,18H2,1H3,(H,19,20). The summed E-state index contributed by atoms with van der Waals surface area (Å²) in [7, 11) is 0. The number of amides is 1. The molecule has 0 bridgehead atoms. The van der Waals surface area contributed by atoms with Gasteiger partial charge in [0.2, 0.25) is 5.91 Å². The third kappa shape index (κ3) is 3.12. The van der Waals surface area contributed by atoms with Gasteiger partial charge in [-0.25, -0.2) is 0 Å². The van der Waals surface area contributed by atoms with Crippen LogP contribution in [0.3, 0.4) is 0 Å². The molecule has 1 aliphatic rings. The van der Waals surface area contributed by atoms with Crippen LogP contribution in [0.5, 0.6) is 0 Å². The number of halogens is 3. The van der Waals surface area contributed by atoms with Crippen LogP contribution in [-0.4, -0.2) is 11.4 Å². The lowest BCUT2D eigenvalue weighted by Crippen LogP contribution is -2.53. The average Bonchev–Trinajstić information content (AvgIpc) is 3.19. The highest BCUT2D eigenvalue weighted by Gasteiger charge is 2.44. The maximum atomic E-state index is 12.8. The molecule has 3 nitrogen and oxygen atoms in total. The highest BCUT2D eigenvalue weighted by atomic mass is 19.4. The van der Waals surface area contributed by atoms with Gasteiger partial charge >= 0.3 is 6.18 Å². The predicted octanol–water partition coefficient (Wildman–Crippen LogP) is 2.45. The molecule has 1 atom stereocenters. The Labute approximate surface area is 115 Å². The minimum atomic E-state index is -4.43. The molecule has 2 rings (SSSR count). The summed E-state index contributed by atoms with van der Waals surface area (Å²) in [4.78, 5) is 12.0. The molecule has 1 aromatic rings. The summed E-state index contributed by atoms with van der Waals surface area (Å²) in [5, 5.41) is 2.51. The monoisotopic (exact) mass is 286 g/mol. The molecule has 1 aromatic carbocycles. The Morgan fingerprint density at radius 2 is 1.95 bits per heavy atom. The van der Waals surface area contributed by atoms with Gasteiger partial charge in [-0.1, -0.05) is 18.2 Å². The first-order valence-electron chi connectivity index (χ1n) is 6.45. The number of benzene rings is 1. The first kappa shape index (κ1) is 14.8. The van der Waals surface area contributed by atoms with Crippen molar-refractivity contribution in [1.82, 2.24) is 5.32 Å². The van der Waals surface area contributed by atoms with Gasteiger partial charge in [0.1, 0.15) is 0 Å². The molecule has 20 heavy (non-hydrogen) atoms. The van der Waals surface area contributed by atoms with Gasteiger partial charge in [0, 0.05) is 6.54 Å². The van der Waals surface area contributed by atoms with E-state index in [1.165, 1.54) is 18.2 Å². The van der Waals surface area contributed by atoms with E-state index in [0.717, 1.165) is 18.9 Å². The van der Waals surface area contributed by atoms with E-state index >= 15 is 0 Å². The van der Waals surface area contributed by atoms with Gasteiger partial charge in [0.15, 0.2) is 0 Å². The van der Waals surface area contributed by atoms with Crippen LogP contribution in [-0.2, 0) is 17.5 Å². The summed E-state index contributed by atoms with van der Waals surface area (Å²) < 4.78 is 38.4. The summed E-state index contributed by atoms with van der Waals surface area (Å²) in [6.07, 6.45) is -2.65. The minimum Gasteiger partial charge on any atom is -0.350 e. The highest BCUT2D eigenvalue weighted by molar-refractivity contribution is 5.86. The average molecular weight is 286 g/mol. The second kappa shape index (κ2) is 5.09. The molecule has 1 amide bonds. The smallest absolute Gasteiger partial charge is 0.350 e.